The van der Waals surface area contributed by atoms with Gasteiger partial charge in [-0.15, -0.1) is 0 Å². The average molecular weight is 399 g/mol. The molecule has 29 heavy (non-hydrogen) atoms. The van der Waals surface area contributed by atoms with Crippen molar-refractivity contribution >= 4 is 17.3 Å². The monoisotopic (exact) mass is 399 g/mol. The molecule has 1 unspecified atom stereocenters. The quantitative estimate of drug-likeness (QED) is 0.804. The van der Waals surface area contributed by atoms with Crippen LogP contribution in [0.1, 0.15) is 42.9 Å². The number of benzene rings is 1. The van der Waals surface area contributed by atoms with Gasteiger partial charge in [-0.2, -0.15) is 0 Å². The van der Waals surface area contributed by atoms with Crippen molar-refractivity contribution in [2.45, 2.75) is 31.8 Å². The van der Waals surface area contributed by atoms with Crippen molar-refractivity contribution in [2.24, 2.45) is 0 Å². The van der Waals surface area contributed by atoms with E-state index in [1.807, 2.05) is 13.0 Å². The molecule has 2 fully saturated rings. The van der Waals surface area contributed by atoms with Crippen LogP contribution in [0.4, 0.5) is 21.7 Å². The molecule has 1 aromatic carbocycles. The Morgan fingerprint density at radius 1 is 1.14 bits per heavy atom. The Bertz CT molecular complexity index is 897. The number of halogens is 1. The number of hydrogen-bond acceptors (Lipinski definition) is 7. The molecule has 0 radical (unpaired) electrons. The zero-order valence-corrected chi connectivity index (χ0v) is 16.6. The van der Waals surface area contributed by atoms with Crippen molar-refractivity contribution < 1.29 is 13.9 Å². The number of hydrogen-bond donors (Lipinski definition) is 2. The smallest absolute Gasteiger partial charge is 0.179 e. The molecular weight excluding hydrogens is 373 g/mol. The molecule has 3 aliphatic rings. The summed E-state index contributed by atoms with van der Waals surface area (Å²) in [5, 5.41) is 6.71. The molecule has 2 saturated heterocycles. The molecule has 0 saturated carbocycles. The van der Waals surface area contributed by atoms with Gasteiger partial charge < -0.3 is 25.0 Å². The Labute approximate surface area is 169 Å². The molecule has 0 spiro atoms. The summed E-state index contributed by atoms with van der Waals surface area (Å²) < 4.78 is 26.6. The van der Waals surface area contributed by atoms with E-state index < -0.39 is 0 Å². The van der Waals surface area contributed by atoms with E-state index in [1.165, 1.54) is 0 Å². The fourth-order valence-electron chi connectivity index (χ4n) is 4.47. The van der Waals surface area contributed by atoms with Gasteiger partial charge >= 0.3 is 0 Å². The summed E-state index contributed by atoms with van der Waals surface area (Å²) in [6, 6.07) is 3.65. The first-order valence-electron chi connectivity index (χ1n) is 10.4. The lowest BCUT2D eigenvalue weighted by Gasteiger charge is -2.30. The van der Waals surface area contributed by atoms with Crippen molar-refractivity contribution in [3.8, 4) is 5.75 Å². The van der Waals surface area contributed by atoms with Gasteiger partial charge in [0.1, 0.15) is 24.1 Å². The molecule has 2 N–H and O–H groups in total. The topological polar surface area (TPSA) is 71.5 Å². The number of piperidine rings is 1. The van der Waals surface area contributed by atoms with Gasteiger partial charge in [0, 0.05) is 13.1 Å². The van der Waals surface area contributed by atoms with Crippen LogP contribution >= 0.6 is 0 Å². The Morgan fingerprint density at radius 2 is 1.93 bits per heavy atom. The summed E-state index contributed by atoms with van der Waals surface area (Å²) in [5.41, 5.74) is 2.50. The van der Waals surface area contributed by atoms with Crippen molar-refractivity contribution in [3.05, 3.63) is 35.4 Å². The Kier molecular flexibility index (Phi) is 4.97. The third-order valence-electron chi connectivity index (χ3n) is 6.00. The SMILES string of the molecule is CC1Oc2c(F)cc(C3CCNCC3)cc2Nc2ncnc(N3CCOCC3)c21. The number of nitrogens with zero attached hydrogens (tertiary/aromatic N) is 3. The summed E-state index contributed by atoms with van der Waals surface area (Å²) in [7, 11) is 0. The molecule has 4 heterocycles. The largest absolute Gasteiger partial charge is 0.480 e. The molecule has 0 bridgehead atoms. The molecule has 7 nitrogen and oxygen atoms in total. The van der Waals surface area contributed by atoms with Gasteiger partial charge in [0.2, 0.25) is 0 Å². The second-order valence-corrected chi connectivity index (χ2v) is 7.85. The zero-order valence-electron chi connectivity index (χ0n) is 16.6. The number of nitrogens with one attached hydrogen (secondary N) is 2. The first-order valence-corrected chi connectivity index (χ1v) is 10.4. The van der Waals surface area contributed by atoms with Crippen LogP contribution in [0.5, 0.6) is 5.75 Å². The average Bonchev–Trinajstić information content (AvgIpc) is 2.91. The van der Waals surface area contributed by atoms with Crippen LogP contribution in [0.15, 0.2) is 18.5 Å². The van der Waals surface area contributed by atoms with Gasteiger partial charge in [-0.25, -0.2) is 14.4 Å². The summed E-state index contributed by atoms with van der Waals surface area (Å²) in [6.07, 6.45) is 3.20. The van der Waals surface area contributed by atoms with Crippen LogP contribution in [-0.4, -0.2) is 49.4 Å². The first-order chi connectivity index (χ1) is 14.2. The molecule has 5 rings (SSSR count). The Hall–Kier alpha value is -2.45. The molecule has 154 valence electrons. The standard InChI is InChI=1S/C21H26FN5O2/c1-13-18-20(24-12-25-21(18)27-6-8-28-9-7-27)26-17-11-15(10-16(22)19(17)29-13)14-2-4-23-5-3-14/h10-14,23H,2-9H2,1H3,(H,24,25,26). The van der Waals surface area contributed by atoms with E-state index in [-0.39, 0.29) is 17.7 Å². The van der Waals surface area contributed by atoms with Crippen molar-refractivity contribution in [3.63, 3.8) is 0 Å². The molecule has 0 aliphatic carbocycles. The highest BCUT2D eigenvalue weighted by molar-refractivity contribution is 5.73. The summed E-state index contributed by atoms with van der Waals surface area (Å²) >= 11 is 0. The van der Waals surface area contributed by atoms with Crippen molar-refractivity contribution in [1.29, 1.82) is 0 Å². The van der Waals surface area contributed by atoms with Crippen molar-refractivity contribution in [2.75, 3.05) is 49.6 Å². The van der Waals surface area contributed by atoms with Gasteiger partial charge in [0.25, 0.3) is 0 Å². The lowest BCUT2D eigenvalue weighted by Crippen LogP contribution is -2.37. The Morgan fingerprint density at radius 3 is 2.72 bits per heavy atom. The van der Waals surface area contributed by atoms with E-state index in [0.717, 1.165) is 56.0 Å². The van der Waals surface area contributed by atoms with Gasteiger partial charge in [-0.05, 0) is 56.5 Å². The number of morpholine rings is 1. The highest BCUT2D eigenvalue weighted by Crippen LogP contribution is 2.44. The van der Waals surface area contributed by atoms with E-state index in [9.17, 15) is 0 Å². The van der Waals surface area contributed by atoms with Crippen LogP contribution in [-0.2, 0) is 4.74 Å². The number of rotatable bonds is 2. The minimum Gasteiger partial charge on any atom is -0.480 e. The van der Waals surface area contributed by atoms with Gasteiger partial charge in [0.15, 0.2) is 11.6 Å². The number of fused-ring (bicyclic) bond motifs is 2. The van der Waals surface area contributed by atoms with Gasteiger partial charge in [-0.1, -0.05) is 0 Å². The van der Waals surface area contributed by atoms with Crippen LogP contribution < -0.4 is 20.3 Å². The molecule has 2 aromatic rings. The molecule has 0 amide bonds. The van der Waals surface area contributed by atoms with Gasteiger partial charge in [0.05, 0.1) is 24.5 Å². The van der Waals surface area contributed by atoms with Crippen LogP contribution in [0.25, 0.3) is 0 Å². The van der Waals surface area contributed by atoms with Gasteiger partial charge in [-0.3, -0.25) is 0 Å². The van der Waals surface area contributed by atoms with E-state index in [0.29, 0.717) is 30.6 Å². The summed E-state index contributed by atoms with van der Waals surface area (Å²) in [5.74, 6) is 1.78. The van der Waals surface area contributed by atoms with E-state index in [1.54, 1.807) is 12.4 Å². The molecule has 1 atom stereocenters. The second-order valence-electron chi connectivity index (χ2n) is 7.85. The summed E-state index contributed by atoms with van der Waals surface area (Å²) in [6.45, 7) is 6.69. The molecule has 3 aliphatic heterocycles. The first kappa shape index (κ1) is 18.6. The lowest BCUT2D eigenvalue weighted by atomic mass is 9.90. The number of ether oxygens (including phenoxy) is 2. The molecule has 1 aromatic heterocycles. The number of aromatic nitrogens is 2. The fraction of sp³-hybridized carbons (Fsp3) is 0.524. The van der Waals surface area contributed by atoms with Crippen LogP contribution in [0, 0.1) is 5.82 Å². The highest BCUT2D eigenvalue weighted by atomic mass is 19.1. The predicted octanol–water partition coefficient (Wildman–Crippen LogP) is 3.12. The van der Waals surface area contributed by atoms with E-state index in [2.05, 4.69) is 25.5 Å². The Balaban J connectivity index is 1.53. The van der Waals surface area contributed by atoms with Crippen LogP contribution in [0.3, 0.4) is 0 Å². The maximum Gasteiger partial charge on any atom is 0.179 e. The molecular formula is C21H26FN5O2. The third kappa shape index (κ3) is 3.51. The summed E-state index contributed by atoms with van der Waals surface area (Å²) in [4.78, 5) is 11.2. The van der Waals surface area contributed by atoms with Crippen LogP contribution in [0.2, 0.25) is 0 Å². The maximum atomic E-state index is 15.1. The normalized spacial score (nSPS) is 22.1. The predicted molar refractivity (Wildman–Crippen MR) is 109 cm³/mol. The lowest BCUT2D eigenvalue weighted by molar-refractivity contribution is 0.122. The highest BCUT2D eigenvalue weighted by Gasteiger charge is 2.30. The second kappa shape index (κ2) is 7.76. The van der Waals surface area contributed by atoms with Crippen molar-refractivity contribution in [1.82, 2.24) is 15.3 Å². The molecule has 8 heteroatoms. The minimum atomic E-state index is -0.378. The third-order valence-corrected chi connectivity index (χ3v) is 6.00. The fourth-order valence-corrected chi connectivity index (χ4v) is 4.47. The zero-order chi connectivity index (χ0) is 19.8. The van der Waals surface area contributed by atoms with E-state index >= 15 is 4.39 Å². The number of anilines is 3. The maximum absolute atomic E-state index is 15.1. The minimum absolute atomic E-state index is 0.251. The van der Waals surface area contributed by atoms with E-state index in [4.69, 9.17) is 9.47 Å².